The lowest BCUT2D eigenvalue weighted by Crippen LogP contribution is -2.08. The highest BCUT2D eigenvalue weighted by molar-refractivity contribution is 5.69. The van der Waals surface area contributed by atoms with Crippen molar-refractivity contribution in [3.63, 3.8) is 0 Å². The van der Waals surface area contributed by atoms with Gasteiger partial charge in [0.1, 0.15) is 0 Å². The Morgan fingerprint density at radius 2 is 1.23 bits per heavy atom. The van der Waals surface area contributed by atoms with Gasteiger partial charge in [-0.15, -0.1) is 0 Å². The second-order valence-electron chi connectivity index (χ2n) is 7.53. The second kappa shape index (κ2) is 18.7. The summed E-state index contributed by atoms with van der Waals surface area (Å²) in [5.41, 5.74) is 0. The summed E-state index contributed by atoms with van der Waals surface area (Å²) < 4.78 is 5.37. The van der Waals surface area contributed by atoms with E-state index < -0.39 is 5.97 Å². The van der Waals surface area contributed by atoms with Gasteiger partial charge in [-0.3, -0.25) is 9.59 Å². The Balaban J connectivity index is 3.52. The Morgan fingerprint density at radius 1 is 0.731 bits per heavy atom. The first-order chi connectivity index (χ1) is 12.6. The number of esters is 1. The summed E-state index contributed by atoms with van der Waals surface area (Å²) in [6, 6.07) is 0. The molecule has 0 aromatic rings. The SMILES string of the molecule is CCCCC(CCCC)CCCOC(=O)CCCCCCCCC(=O)O. The van der Waals surface area contributed by atoms with Gasteiger partial charge >= 0.3 is 11.9 Å². The summed E-state index contributed by atoms with van der Waals surface area (Å²) in [4.78, 5) is 22.2. The van der Waals surface area contributed by atoms with Crippen LogP contribution in [0.3, 0.4) is 0 Å². The van der Waals surface area contributed by atoms with E-state index >= 15 is 0 Å². The van der Waals surface area contributed by atoms with Crippen LogP contribution in [0.5, 0.6) is 0 Å². The number of ether oxygens (including phenoxy) is 1. The fraction of sp³-hybridized carbons (Fsp3) is 0.909. The number of carbonyl (C=O) groups is 2. The van der Waals surface area contributed by atoms with Crippen molar-refractivity contribution in [2.75, 3.05) is 6.61 Å². The van der Waals surface area contributed by atoms with Gasteiger partial charge in [0, 0.05) is 12.8 Å². The molecule has 0 rings (SSSR count). The molecule has 0 unspecified atom stereocenters. The molecule has 0 aliphatic carbocycles. The van der Waals surface area contributed by atoms with Gasteiger partial charge in [0.25, 0.3) is 0 Å². The third-order valence-electron chi connectivity index (χ3n) is 4.97. The zero-order valence-corrected chi connectivity index (χ0v) is 17.3. The molecule has 0 heterocycles. The van der Waals surface area contributed by atoms with E-state index in [1.807, 2.05) is 0 Å². The topological polar surface area (TPSA) is 63.6 Å². The van der Waals surface area contributed by atoms with Crippen molar-refractivity contribution in [1.82, 2.24) is 0 Å². The number of hydrogen-bond donors (Lipinski definition) is 1. The molecule has 0 spiro atoms. The lowest BCUT2D eigenvalue weighted by molar-refractivity contribution is -0.144. The van der Waals surface area contributed by atoms with Crippen LogP contribution in [0.25, 0.3) is 0 Å². The highest BCUT2D eigenvalue weighted by atomic mass is 16.5. The predicted octanol–water partition coefficient (Wildman–Crippen LogP) is 6.51. The molecule has 0 bridgehead atoms. The molecule has 0 amide bonds. The van der Waals surface area contributed by atoms with Gasteiger partial charge in [0.15, 0.2) is 0 Å². The number of carboxylic acids is 1. The quantitative estimate of drug-likeness (QED) is 0.208. The number of aliphatic carboxylic acids is 1. The first-order valence-corrected chi connectivity index (χ1v) is 11.0. The standard InChI is InChI=1S/C22H42O4/c1-3-5-14-20(15-6-4-2)16-13-19-26-22(25)18-12-10-8-7-9-11-17-21(23)24/h20H,3-19H2,1-2H3,(H,23,24). The van der Waals surface area contributed by atoms with Crippen molar-refractivity contribution < 1.29 is 19.4 Å². The van der Waals surface area contributed by atoms with E-state index in [0.717, 1.165) is 50.9 Å². The molecule has 0 aromatic carbocycles. The normalized spacial score (nSPS) is 11.0. The third-order valence-corrected chi connectivity index (χ3v) is 4.97. The van der Waals surface area contributed by atoms with Gasteiger partial charge in [0.05, 0.1) is 6.61 Å². The van der Waals surface area contributed by atoms with Crippen LogP contribution >= 0.6 is 0 Å². The second-order valence-corrected chi connectivity index (χ2v) is 7.53. The van der Waals surface area contributed by atoms with Crippen LogP contribution in [-0.2, 0) is 14.3 Å². The molecule has 0 fully saturated rings. The Kier molecular flexibility index (Phi) is 18.0. The van der Waals surface area contributed by atoms with Gasteiger partial charge in [-0.05, 0) is 31.6 Å². The van der Waals surface area contributed by atoms with E-state index in [4.69, 9.17) is 9.84 Å². The predicted molar refractivity (Wildman–Crippen MR) is 107 cm³/mol. The fourth-order valence-electron chi connectivity index (χ4n) is 3.30. The lowest BCUT2D eigenvalue weighted by Gasteiger charge is -2.16. The van der Waals surface area contributed by atoms with Crippen LogP contribution in [0.15, 0.2) is 0 Å². The fourth-order valence-corrected chi connectivity index (χ4v) is 3.30. The minimum atomic E-state index is -0.713. The Morgan fingerprint density at radius 3 is 1.77 bits per heavy atom. The van der Waals surface area contributed by atoms with E-state index in [2.05, 4.69) is 13.8 Å². The van der Waals surface area contributed by atoms with Gasteiger partial charge in [-0.1, -0.05) is 78.1 Å². The molecule has 0 radical (unpaired) electrons. The molecule has 154 valence electrons. The number of hydrogen-bond acceptors (Lipinski definition) is 3. The molecule has 0 aliphatic rings. The van der Waals surface area contributed by atoms with Crippen LogP contribution in [0.4, 0.5) is 0 Å². The molecule has 0 aliphatic heterocycles. The van der Waals surface area contributed by atoms with Crippen molar-refractivity contribution >= 4 is 11.9 Å². The number of carbonyl (C=O) groups excluding carboxylic acids is 1. The molecule has 26 heavy (non-hydrogen) atoms. The van der Waals surface area contributed by atoms with E-state index in [1.54, 1.807) is 0 Å². The van der Waals surface area contributed by atoms with Gasteiger partial charge in [-0.2, -0.15) is 0 Å². The monoisotopic (exact) mass is 370 g/mol. The maximum atomic E-state index is 11.8. The molecule has 0 atom stereocenters. The lowest BCUT2D eigenvalue weighted by atomic mass is 9.92. The van der Waals surface area contributed by atoms with Crippen LogP contribution in [-0.4, -0.2) is 23.7 Å². The van der Waals surface area contributed by atoms with Crippen molar-refractivity contribution in [1.29, 1.82) is 0 Å². The van der Waals surface area contributed by atoms with Crippen molar-refractivity contribution in [3.05, 3.63) is 0 Å². The largest absolute Gasteiger partial charge is 0.481 e. The molecule has 4 heteroatoms. The number of rotatable bonds is 19. The zero-order chi connectivity index (χ0) is 19.5. The third kappa shape index (κ3) is 17.8. The average Bonchev–Trinajstić information content (AvgIpc) is 2.62. The van der Waals surface area contributed by atoms with Crippen molar-refractivity contribution in [2.24, 2.45) is 5.92 Å². The first kappa shape index (κ1) is 24.9. The van der Waals surface area contributed by atoms with Crippen molar-refractivity contribution in [2.45, 2.75) is 117 Å². The molecular formula is C22H42O4. The van der Waals surface area contributed by atoms with Gasteiger partial charge in [-0.25, -0.2) is 0 Å². The maximum Gasteiger partial charge on any atom is 0.305 e. The number of unbranched alkanes of at least 4 members (excludes halogenated alkanes) is 7. The van der Waals surface area contributed by atoms with Crippen molar-refractivity contribution in [3.8, 4) is 0 Å². The highest BCUT2D eigenvalue weighted by Crippen LogP contribution is 2.21. The smallest absolute Gasteiger partial charge is 0.305 e. The van der Waals surface area contributed by atoms with E-state index in [1.165, 1.54) is 44.9 Å². The van der Waals surface area contributed by atoms with Crippen LogP contribution < -0.4 is 0 Å². The Bertz CT molecular complexity index is 333. The average molecular weight is 371 g/mol. The summed E-state index contributed by atoms with van der Waals surface area (Å²) in [5.74, 6) is 0.0269. The highest BCUT2D eigenvalue weighted by Gasteiger charge is 2.09. The minimum Gasteiger partial charge on any atom is -0.481 e. The molecule has 1 N–H and O–H groups in total. The molecule has 0 aromatic heterocycles. The van der Waals surface area contributed by atoms with E-state index in [0.29, 0.717) is 13.0 Å². The van der Waals surface area contributed by atoms with E-state index in [9.17, 15) is 9.59 Å². The molecular weight excluding hydrogens is 328 g/mol. The van der Waals surface area contributed by atoms with Crippen LogP contribution in [0.1, 0.15) is 117 Å². The van der Waals surface area contributed by atoms with E-state index in [-0.39, 0.29) is 12.4 Å². The summed E-state index contributed by atoms with van der Waals surface area (Å²) in [5, 5.41) is 8.56. The molecule has 0 saturated heterocycles. The summed E-state index contributed by atoms with van der Waals surface area (Å²) in [6.07, 6.45) is 16.5. The number of carboxylic acid groups (broad SMARTS) is 1. The minimum absolute atomic E-state index is 0.0606. The van der Waals surface area contributed by atoms with Crippen LogP contribution in [0.2, 0.25) is 0 Å². The Labute approximate surface area is 161 Å². The molecule has 4 nitrogen and oxygen atoms in total. The summed E-state index contributed by atoms with van der Waals surface area (Å²) in [7, 11) is 0. The van der Waals surface area contributed by atoms with Crippen LogP contribution in [0, 0.1) is 5.92 Å². The summed E-state index contributed by atoms with van der Waals surface area (Å²) >= 11 is 0. The van der Waals surface area contributed by atoms with Gasteiger partial charge in [0.2, 0.25) is 0 Å². The van der Waals surface area contributed by atoms with Gasteiger partial charge < -0.3 is 9.84 Å². The summed E-state index contributed by atoms with van der Waals surface area (Å²) in [6.45, 7) is 5.06. The first-order valence-electron chi connectivity index (χ1n) is 11.0. The zero-order valence-electron chi connectivity index (χ0n) is 17.3. The molecule has 0 saturated carbocycles. The Hall–Kier alpha value is -1.06. The maximum absolute atomic E-state index is 11.8.